The molecule has 108 valence electrons. The first-order valence-electron chi connectivity index (χ1n) is 5.48. The second-order valence-corrected chi connectivity index (χ2v) is 4.22. The Bertz CT molecular complexity index is 737. The predicted molar refractivity (Wildman–Crippen MR) is 71.6 cm³/mol. The van der Waals surface area contributed by atoms with Crippen molar-refractivity contribution in [3.63, 3.8) is 0 Å². The minimum Gasteiger partial charge on any atom is -0.426 e. The second kappa shape index (κ2) is 5.67. The van der Waals surface area contributed by atoms with Gasteiger partial charge in [-0.25, -0.2) is 4.98 Å². The first kappa shape index (κ1) is 14.6. The van der Waals surface area contributed by atoms with Crippen LogP contribution in [0.4, 0.5) is 11.4 Å². The SMILES string of the molecule is Cc1cccc([N+](=O)[O-])c1Oc1ncnc(Cl)c1[N+](=O)[O-]. The van der Waals surface area contributed by atoms with E-state index in [0.717, 1.165) is 6.33 Å². The maximum absolute atomic E-state index is 11.0. The number of hydrogen-bond donors (Lipinski definition) is 0. The van der Waals surface area contributed by atoms with E-state index in [1.807, 2.05) is 0 Å². The van der Waals surface area contributed by atoms with Crippen LogP contribution in [0, 0.1) is 27.2 Å². The van der Waals surface area contributed by atoms with E-state index < -0.39 is 26.6 Å². The number of ether oxygens (including phenoxy) is 1. The zero-order chi connectivity index (χ0) is 15.6. The summed E-state index contributed by atoms with van der Waals surface area (Å²) in [6.45, 7) is 1.57. The van der Waals surface area contributed by atoms with E-state index >= 15 is 0 Å². The van der Waals surface area contributed by atoms with Gasteiger partial charge in [-0.3, -0.25) is 20.2 Å². The van der Waals surface area contributed by atoms with Gasteiger partial charge in [0, 0.05) is 6.07 Å². The van der Waals surface area contributed by atoms with Crippen LogP contribution in [0.25, 0.3) is 0 Å². The quantitative estimate of drug-likeness (QED) is 0.483. The number of rotatable bonds is 4. The van der Waals surface area contributed by atoms with Crippen molar-refractivity contribution < 1.29 is 14.6 Å². The Kier molecular flexibility index (Phi) is 3.94. The average molecular weight is 311 g/mol. The Labute approximate surface area is 122 Å². The van der Waals surface area contributed by atoms with Crippen LogP contribution in [-0.4, -0.2) is 19.8 Å². The Hall–Kier alpha value is -2.81. The topological polar surface area (TPSA) is 121 Å². The minimum absolute atomic E-state index is 0.139. The maximum atomic E-state index is 11.0. The van der Waals surface area contributed by atoms with Crippen LogP contribution in [0.3, 0.4) is 0 Å². The lowest BCUT2D eigenvalue weighted by Gasteiger charge is -2.08. The number of nitro benzene ring substituents is 1. The zero-order valence-electron chi connectivity index (χ0n) is 10.5. The highest BCUT2D eigenvalue weighted by atomic mass is 35.5. The molecule has 0 aliphatic rings. The molecule has 1 aromatic carbocycles. The second-order valence-electron chi connectivity index (χ2n) is 3.86. The molecular formula is C11H7ClN4O5. The highest BCUT2D eigenvalue weighted by Crippen LogP contribution is 2.38. The lowest BCUT2D eigenvalue weighted by molar-refractivity contribution is -0.387. The molecule has 0 bridgehead atoms. The molecule has 0 saturated heterocycles. The van der Waals surface area contributed by atoms with Crippen LogP contribution in [0.2, 0.25) is 5.15 Å². The van der Waals surface area contributed by atoms with Crippen molar-refractivity contribution in [1.82, 2.24) is 9.97 Å². The van der Waals surface area contributed by atoms with Gasteiger partial charge in [-0.05, 0) is 12.5 Å². The number of hydrogen-bond acceptors (Lipinski definition) is 7. The minimum atomic E-state index is -0.818. The Morgan fingerprint density at radius 2 is 1.90 bits per heavy atom. The summed E-state index contributed by atoms with van der Waals surface area (Å²) in [6.07, 6.45) is 0.967. The van der Waals surface area contributed by atoms with Gasteiger partial charge in [0.1, 0.15) is 6.33 Å². The number of benzene rings is 1. The molecule has 2 rings (SSSR count). The summed E-state index contributed by atoms with van der Waals surface area (Å²) >= 11 is 5.63. The first-order valence-corrected chi connectivity index (χ1v) is 5.86. The fraction of sp³-hybridized carbons (Fsp3) is 0.0909. The normalized spacial score (nSPS) is 10.2. The van der Waals surface area contributed by atoms with Gasteiger partial charge in [-0.1, -0.05) is 23.7 Å². The van der Waals surface area contributed by atoms with Gasteiger partial charge in [0.2, 0.25) is 10.9 Å². The molecule has 10 heteroatoms. The number of para-hydroxylation sites is 1. The Morgan fingerprint density at radius 1 is 1.19 bits per heavy atom. The molecule has 0 saturated carbocycles. The van der Waals surface area contributed by atoms with Crippen molar-refractivity contribution in [2.75, 3.05) is 0 Å². The van der Waals surface area contributed by atoms with Gasteiger partial charge in [-0.2, -0.15) is 4.98 Å². The molecule has 0 unspecified atom stereocenters. The van der Waals surface area contributed by atoms with Crippen molar-refractivity contribution in [1.29, 1.82) is 0 Å². The number of aromatic nitrogens is 2. The third-order valence-corrected chi connectivity index (χ3v) is 2.79. The molecule has 0 N–H and O–H groups in total. The molecule has 9 nitrogen and oxygen atoms in total. The first-order chi connectivity index (χ1) is 9.91. The predicted octanol–water partition coefficient (Wildman–Crippen LogP) is 3.05. The molecule has 0 aliphatic carbocycles. The molecule has 0 radical (unpaired) electrons. The number of nitro groups is 2. The third kappa shape index (κ3) is 2.87. The summed E-state index contributed by atoms with van der Waals surface area (Å²) < 4.78 is 5.26. The number of aryl methyl sites for hydroxylation is 1. The van der Waals surface area contributed by atoms with Crippen molar-refractivity contribution in [2.45, 2.75) is 6.92 Å². The third-order valence-electron chi connectivity index (χ3n) is 2.51. The standard InChI is InChI=1S/C11H7ClN4O5/c1-6-3-2-4-7(15(17)18)9(6)21-11-8(16(19)20)10(12)13-5-14-11/h2-5H,1H3. The largest absolute Gasteiger partial charge is 0.426 e. The summed E-state index contributed by atoms with van der Waals surface area (Å²) in [5.41, 5.74) is -0.566. The summed E-state index contributed by atoms with van der Waals surface area (Å²) in [6, 6.07) is 4.26. The lowest BCUT2D eigenvalue weighted by Crippen LogP contribution is -2.01. The zero-order valence-corrected chi connectivity index (χ0v) is 11.3. The van der Waals surface area contributed by atoms with Gasteiger partial charge in [0.15, 0.2) is 0 Å². The number of halogens is 1. The van der Waals surface area contributed by atoms with Crippen LogP contribution in [0.5, 0.6) is 11.6 Å². The van der Waals surface area contributed by atoms with Gasteiger partial charge in [0.25, 0.3) is 0 Å². The van der Waals surface area contributed by atoms with E-state index in [1.165, 1.54) is 12.1 Å². The Balaban J connectivity index is 2.56. The molecule has 21 heavy (non-hydrogen) atoms. The smallest absolute Gasteiger partial charge is 0.368 e. The molecule has 0 fully saturated rings. The lowest BCUT2D eigenvalue weighted by atomic mass is 10.2. The van der Waals surface area contributed by atoms with Crippen LogP contribution >= 0.6 is 11.6 Å². The monoisotopic (exact) mass is 310 g/mol. The molecule has 1 aromatic heterocycles. The van der Waals surface area contributed by atoms with Crippen LogP contribution in [0.15, 0.2) is 24.5 Å². The number of nitrogens with zero attached hydrogens (tertiary/aromatic N) is 4. The molecule has 0 atom stereocenters. The molecule has 2 aromatic rings. The summed E-state index contributed by atoms with van der Waals surface area (Å²) in [4.78, 5) is 27.6. The Morgan fingerprint density at radius 3 is 2.52 bits per heavy atom. The van der Waals surface area contributed by atoms with Crippen LogP contribution in [0.1, 0.15) is 5.56 Å². The van der Waals surface area contributed by atoms with E-state index in [-0.39, 0.29) is 11.4 Å². The maximum Gasteiger partial charge on any atom is 0.368 e. The summed E-state index contributed by atoms with van der Waals surface area (Å²) in [5.74, 6) is -0.599. The van der Waals surface area contributed by atoms with Crippen molar-refractivity contribution >= 4 is 23.0 Å². The molecule has 0 spiro atoms. The van der Waals surface area contributed by atoms with E-state index in [1.54, 1.807) is 13.0 Å². The van der Waals surface area contributed by atoms with Crippen molar-refractivity contribution in [3.05, 3.63) is 55.5 Å². The van der Waals surface area contributed by atoms with Crippen LogP contribution in [-0.2, 0) is 0 Å². The average Bonchev–Trinajstić information content (AvgIpc) is 2.40. The highest BCUT2D eigenvalue weighted by molar-refractivity contribution is 6.31. The van der Waals surface area contributed by atoms with Crippen molar-refractivity contribution in [3.8, 4) is 11.6 Å². The fourth-order valence-corrected chi connectivity index (χ4v) is 1.77. The fourth-order valence-electron chi connectivity index (χ4n) is 1.58. The molecule has 0 amide bonds. The van der Waals surface area contributed by atoms with Gasteiger partial charge >= 0.3 is 17.3 Å². The van der Waals surface area contributed by atoms with E-state index in [4.69, 9.17) is 16.3 Å². The van der Waals surface area contributed by atoms with E-state index in [9.17, 15) is 20.2 Å². The van der Waals surface area contributed by atoms with Gasteiger partial charge < -0.3 is 4.74 Å². The summed E-state index contributed by atoms with van der Waals surface area (Å²) in [5, 5.41) is 21.5. The van der Waals surface area contributed by atoms with Gasteiger partial charge in [-0.15, -0.1) is 0 Å². The molecule has 0 aliphatic heterocycles. The van der Waals surface area contributed by atoms with Crippen LogP contribution < -0.4 is 4.74 Å². The van der Waals surface area contributed by atoms with Gasteiger partial charge in [0.05, 0.1) is 9.85 Å². The van der Waals surface area contributed by atoms with E-state index in [2.05, 4.69) is 9.97 Å². The van der Waals surface area contributed by atoms with Crippen molar-refractivity contribution in [2.24, 2.45) is 0 Å². The highest BCUT2D eigenvalue weighted by Gasteiger charge is 2.27. The molecule has 1 heterocycles. The summed E-state index contributed by atoms with van der Waals surface area (Å²) in [7, 11) is 0. The molecular weight excluding hydrogens is 304 g/mol. The van der Waals surface area contributed by atoms with E-state index in [0.29, 0.717) is 5.56 Å².